The van der Waals surface area contributed by atoms with E-state index in [0.29, 0.717) is 5.69 Å². The molecule has 72 valence electrons. The van der Waals surface area contributed by atoms with Gasteiger partial charge < -0.3 is 0 Å². The van der Waals surface area contributed by atoms with Gasteiger partial charge in [-0.2, -0.15) is 0 Å². The highest BCUT2D eigenvalue weighted by Crippen LogP contribution is 2.15. The lowest BCUT2D eigenvalue weighted by molar-refractivity contribution is 0.554. The van der Waals surface area contributed by atoms with Crippen LogP contribution in [-0.4, -0.2) is 17.7 Å². The molecule has 0 aliphatic heterocycles. The fourth-order valence-corrected chi connectivity index (χ4v) is 1.47. The summed E-state index contributed by atoms with van der Waals surface area (Å²) in [6.07, 6.45) is 2.86. The van der Waals surface area contributed by atoms with Gasteiger partial charge in [-0.1, -0.05) is 30.3 Å². The maximum Gasteiger partial charge on any atom is 0.266 e. The van der Waals surface area contributed by atoms with E-state index in [-0.39, 0.29) is 0 Å². The van der Waals surface area contributed by atoms with E-state index in [1.54, 1.807) is 0 Å². The molecule has 2 aromatic rings. The summed E-state index contributed by atoms with van der Waals surface area (Å²) in [5, 5.41) is 0. The number of nitrogens with zero attached hydrogens (tertiary/aromatic N) is 2. The molecule has 14 heavy (non-hydrogen) atoms. The van der Waals surface area contributed by atoms with Gasteiger partial charge in [0.2, 0.25) is 0 Å². The van der Waals surface area contributed by atoms with Crippen LogP contribution in [0.5, 0.6) is 0 Å². The first-order valence-corrected chi connectivity index (χ1v) is 5.04. The van der Waals surface area contributed by atoms with E-state index in [2.05, 4.69) is 4.98 Å². The number of hydrogen-bond donors (Lipinski definition) is 1. The summed E-state index contributed by atoms with van der Waals surface area (Å²) in [7, 11) is 0. The van der Waals surface area contributed by atoms with Crippen LogP contribution in [0.2, 0.25) is 0 Å². The van der Waals surface area contributed by atoms with Gasteiger partial charge in [0.1, 0.15) is 6.33 Å². The summed E-state index contributed by atoms with van der Waals surface area (Å²) in [6.45, 7) is 0. The van der Waals surface area contributed by atoms with E-state index in [9.17, 15) is 4.21 Å². The van der Waals surface area contributed by atoms with Crippen LogP contribution in [0, 0.1) is 0 Å². The van der Waals surface area contributed by atoms with Gasteiger partial charge in [-0.15, -0.1) is 0 Å². The van der Waals surface area contributed by atoms with E-state index in [0.717, 1.165) is 9.54 Å². The van der Waals surface area contributed by atoms with Gasteiger partial charge in [0.05, 0.1) is 5.69 Å². The van der Waals surface area contributed by atoms with Crippen LogP contribution in [0.3, 0.4) is 0 Å². The molecule has 0 amide bonds. The molecule has 1 aromatic heterocycles. The predicted octanol–water partition coefficient (Wildman–Crippen LogP) is 1.53. The molecule has 0 aliphatic carbocycles. The number of imidazole rings is 1. The van der Waals surface area contributed by atoms with Crippen molar-refractivity contribution in [3.8, 4) is 11.3 Å². The highest BCUT2D eigenvalue weighted by Gasteiger charge is 2.03. The summed E-state index contributed by atoms with van der Waals surface area (Å²) >= 11 is -2.03. The number of aromatic nitrogens is 2. The minimum Gasteiger partial charge on any atom is -0.289 e. The molecule has 0 fully saturated rings. The molecule has 1 atom stereocenters. The fourth-order valence-electron chi connectivity index (χ4n) is 1.15. The standard InChI is InChI=1S/C9H8N2O2S/c12-14(13)11-6-9(10-7-11)8-4-2-1-3-5-8/h1-7H,(H,12,13). The molecular weight excluding hydrogens is 200 g/mol. The summed E-state index contributed by atoms with van der Waals surface area (Å²) in [5.74, 6) is 0. The summed E-state index contributed by atoms with van der Waals surface area (Å²) in [5.41, 5.74) is 1.62. The second-order valence-corrected chi connectivity index (χ2v) is 3.60. The first kappa shape index (κ1) is 9.11. The summed E-state index contributed by atoms with van der Waals surface area (Å²) < 4.78 is 20.6. The Balaban J connectivity index is 2.39. The second-order valence-electron chi connectivity index (χ2n) is 2.72. The molecule has 1 heterocycles. The Morgan fingerprint density at radius 3 is 2.57 bits per heavy atom. The molecule has 0 saturated heterocycles. The Morgan fingerprint density at radius 1 is 1.29 bits per heavy atom. The SMILES string of the molecule is O=S(O)n1cnc(-c2ccccc2)c1. The first-order valence-electron chi connectivity index (χ1n) is 3.98. The zero-order valence-electron chi connectivity index (χ0n) is 7.20. The zero-order chi connectivity index (χ0) is 9.97. The fraction of sp³-hybridized carbons (Fsp3) is 0. The third kappa shape index (κ3) is 1.73. The topological polar surface area (TPSA) is 55.1 Å². The van der Waals surface area contributed by atoms with Crippen molar-refractivity contribution in [2.45, 2.75) is 0 Å². The summed E-state index contributed by atoms with van der Waals surface area (Å²) in [6, 6.07) is 9.49. The first-order chi connectivity index (χ1) is 6.77. The Kier molecular flexibility index (Phi) is 2.43. The Morgan fingerprint density at radius 2 is 2.00 bits per heavy atom. The van der Waals surface area contributed by atoms with Crippen molar-refractivity contribution >= 4 is 11.3 Å². The summed E-state index contributed by atoms with van der Waals surface area (Å²) in [4.78, 5) is 4.02. The van der Waals surface area contributed by atoms with Gasteiger partial charge in [0, 0.05) is 11.8 Å². The molecule has 1 aromatic carbocycles. The molecule has 2 rings (SSSR count). The third-order valence-electron chi connectivity index (χ3n) is 1.81. The monoisotopic (exact) mass is 208 g/mol. The van der Waals surface area contributed by atoms with Gasteiger partial charge in [0.25, 0.3) is 11.3 Å². The van der Waals surface area contributed by atoms with Gasteiger partial charge in [-0.3, -0.25) is 4.55 Å². The van der Waals surface area contributed by atoms with Crippen LogP contribution in [0.1, 0.15) is 0 Å². The largest absolute Gasteiger partial charge is 0.289 e. The van der Waals surface area contributed by atoms with Crippen molar-refractivity contribution in [3.63, 3.8) is 0 Å². The van der Waals surface area contributed by atoms with Gasteiger partial charge in [0.15, 0.2) is 0 Å². The van der Waals surface area contributed by atoms with E-state index in [4.69, 9.17) is 4.55 Å². The molecule has 1 unspecified atom stereocenters. The lowest BCUT2D eigenvalue weighted by Crippen LogP contribution is -1.97. The molecule has 0 radical (unpaired) electrons. The quantitative estimate of drug-likeness (QED) is 0.761. The Bertz CT molecular complexity index is 453. The van der Waals surface area contributed by atoms with Crippen molar-refractivity contribution in [1.29, 1.82) is 0 Å². The minimum atomic E-state index is -2.03. The smallest absolute Gasteiger partial charge is 0.266 e. The lowest BCUT2D eigenvalue weighted by atomic mass is 10.2. The maximum atomic E-state index is 10.7. The van der Waals surface area contributed by atoms with Crippen LogP contribution in [0.15, 0.2) is 42.9 Å². The number of hydrogen-bond acceptors (Lipinski definition) is 2. The molecular formula is C9H8N2O2S. The highest BCUT2D eigenvalue weighted by molar-refractivity contribution is 7.77. The average Bonchev–Trinajstić information content (AvgIpc) is 2.68. The normalized spacial score (nSPS) is 12.6. The van der Waals surface area contributed by atoms with Crippen LogP contribution in [-0.2, 0) is 11.3 Å². The lowest BCUT2D eigenvalue weighted by Gasteiger charge is -1.93. The number of rotatable bonds is 2. The average molecular weight is 208 g/mol. The Hall–Kier alpha value is -1.46. The molecule has 0 bridgehead atoms. The van der Waals surface area contributed by atoms with Gasteiger partial charge in [-0.25, -0.2) is 13.2 Å². The second kappa shape index (κ2) is 3.73. The van der Waals surface area contributed by atoms with E-state index in [1.165, 1.54) is 12.5 Å². The molecule has 4 nitrogen and oxygen atoms in total. The van der Waals surface area contributed by atoms with Crippen LogP contribution in [0.4, 0.5) is 0 Å². The van der Waals surface area contributed by atoms with Crippen molar-refractivity contribution < 1.29 is 8.76 Å². The van der Waals surface area contributed by atoms with E-state index < -0.39 is 11.3 Å². The third-order valence-corrected chi connectivity index (χ3v) is 2.37. The van der Waals surface area contributed by atoms with Crippen molar-refractivity contribution in [2.24, 2.45) is 0 Å². The van der Waals surface area contributed by atoms with Crippen molar-refractivity contribution in [1.82, 2.24) is 8.96 Å². The van der Waals surface area contributed by atoms with E-state index in [1.807, 2.05) is 30.3 Å². The van der Waals surface area contributed by atoms with Crippen LogP contribution >= 0.6 is 0 Å². The zero-order valence-corrected chi connectivity index (χ0v) is 8.02. The molecule has 0 spiro atoms. The molecule has 0 aliphatic rings. The van der Waals surface area contributed by atoms with Crippen molar-refractivity contribution in [3.05, 3.63) is 42.9 Å². The number of benzene rings is 1. The Labute approximate surface area is 83.6 Å². The van der Waals surface area contributed by atoms with Crippen LogP contribution in [0.25, 0.3) is 11.3 Å². The van der Waals surface area contributed by atoms with Crippen molar-refractivity contribution in [2.75, 3.05) is 0 Å². The van der Waals surface area contributed by atoms with Gasteiger partial charge in [-0.05, 0) is 0 Å². The van der Waals surface area contributed by atoms with Crippen LogP contribution < -0.4 is 0 Å². The predicted molar refractivity (Wildman–Crippen MR) is 53.8 cm³/mol. The highest BCUT2D eigenvalue weighted by atomic mass is 32.2. The maximum absolute atomic E-state index is 10.7. The van der Waals surface area contributed by atoms with Gasteiger partial charge >= 0.3 is 0 Å². The molecule has 1 N–H and O–H groups in total. The molecule has 0 saturated carbocycles. The molecule has 5 heteroatoms. The van der Waals surface area contributed by atoms with E-state index >= 15 is 0 Å². The minimum absolute atomic E-state index is 0.688.